The number of aromatic amines is 1. The van der Waals surface area contributed by atoms with Crippen LogP contribution in [0.25, 0.3) is 10.9 Å². The van der Waals surface area contributed by atoms with Crippen LogP contribution >= 0.6 is 11.6 Å². The van der Waals surface area contributed by atoms with E-state index in [2.05, 4.69) is 15.3 Å². The highest BCUT2D eigenvalue weighted by molar-refractivity contribution is 6.31. The number of halogens is 1. The van der Waals surface area contributed by atoms with Crippen molar-refractivity contribution in [3.8, 4) is 0 Å². The maximum atomic E-state index is 12.5. The quantitative estimate of drug-likeness (QED) is 0.663. The molecule has 0 saturated heterocycles. The van der Waals surface area contributed by atoms with E-state index in [1.807, 2.05) is 49.9 Å². The van der Waals surface area contributed by atoms with Gasteiger partial charge in [-0.15, -0.1) is 0 Å². The van der Waals surface area contributed by atoms with E-state index in [0.29, 0.717) is 34.0 Å². The third-order valence-electron chi connectivity index (χ3n) is 4.55. The Balaban J connectivity index is 1.74. The van der Waals surface area contributed by atoms with Gasteiger partial charge in [0.05, 0.1) is 24.0 Å². The first-order valence-corrected chi connectivity index (χ1v) is 9.49. The molecule has 0 saturated carbocycles. The maximum Gasteiger partial charge on any atom is 0.258 e. The fraction of sp³-hybridized carbons (Fsp3) is 0.286. The van der Waals surface area contributed by atoms with Gasteiger partial charge in [-0.25, -0.2) is 4.98 Å². The minimum atomic E-state index is -0.178. The van der Waals surface area contributed by atoms with Gasteiger partial charge in [-0.1, -0.05) is 29.8 Å². The molecule has 1 amide bonds. The number of benzene rings is 2. The van der Waals surface area contributed by atoms with Crippen LogP contribution in [-0.4, -0.2) is 33.4 Å². The van der Waals surface area contributed by atoms with Crippen molar-refractivity contribution in [2.75, 3.05) is 11.9 Å². The number of aromatic nitrogens is 2. The molecule has 2 N–H and O–H groups in total. The Bertz CT molecular complexity index is 1060. The number of carbonyl (C=O) groups is 1. The van der Waals surface area contributed by atoms with Gasteiger partial charge in [0.15, 0.2) is 0 Å². The number of H-pyrrole nitrogens is 1. The first kappa shape index (κ1) is 20.0. The van der Waals surface area contributed by atoms with E-state index in [0.717, 1.165) is 5.56 Å². The molecule has 146 valence electrons. The van der Waals surface area contributed by atoms with Crippen LogP contribution in [-0.2, 0) is 11.3 Å². The molecular formula is C21H23ClN4O2. The zero-order chi connectivity index (χ0) is 20.3. The van der Waals surface area contributed by atoms with Gasteiger partial charge in [0, 0.05) is 16.8 Å². The van der Waals surface area contributed by atoms with Crippen LogP contribution in [0.4, 0.5) is 5.69 Å². The van der Waals surface area contributed by atoms with E-state index < -0.39 is 0 Å². The molecule has 0 aliphatic heterocycles. The highest BCUT2D eigenvalue weighted by Gasteiger charge is 2.17. The van der Waals surface area contributed by atoms with Gasteiger partial charge in [0.2, 0.25) is 5.91 Å². The van der Waals surface area contributed by atoms with E-state index in [1.165, 1.54) is 0 Å². The molecule has 7 heteroatoms. The molecule has 6 nitrogen and oxygen atoms in total. The topological polar surface area (TPSA) is 78.1 Å². The first-order chi connectivity index (χ1) is 13.3. The summed E-state index contributed by atoms with van der Waals surface area (Å²) in [6.07, 6.45) is 0. The van der Waals surface area contributed by atoms with Crippen molar-refractivity contribution in [1.29, 1.82) is 0 Å². The third kappa shape index (κ3) is 4.77. The van der Waals surface area contributed by atoms with Gasteiger partial charge in [0.25, 0.3) is 5.56 Å². The van der Waals surface area contributed by atoms with Crippen molar-refractivity contribution in [2.24, 2.45) is 0 Å². The van der Waals surface area contributed by atoms with Gasteiger partial charge < -0.3 is 10.3 Å². The van der Waals surface area contributed by atoms with Gasteiger partial charge >= 0.3 is 0 Å². The summed E-state index contributed by atoms with van der Waals surface area (Å²) in [5.41, 5.74) is 2.07. The van der Waals surface area contributed by atoms with Crippen molar-refractivity contribution >= 4 is 34.1 Å². The first-order valence-electron chi connectivity index (χ1n) is 9.11. The molecule has 3 rings (SSSR count). The Hall–Kier alpha value is -2.70. The van der Waals surface area contributed by atoms with Crippen LogP contribution < -0.4 is 10.9 Å². The molecule has 1 aromatic heterocycles. The molecular weight excluding hydrogens is 376 g/mol. The fourth-order valence-corrected chi connectivity index (χ4v) is 3.06. The van der Waals surface area contributed by atoms with Gasteiger partial charge in [-0.05, 0) is 50.6 Å². The second-order valence-electron chi connectivity index (χ2n) is 7.04. The normalized spacial score (nSPS) is 11.4. The summed E-state index contributed by atoms with van der Waals surface area (Å²) in [5.74, 6) is 0.375. The standard InChI is InChI=1S/C21H23ClN4O2/c1-13(2)26(12-20(27)23-15-9-8-14(3)17(22)10-15)11-19-24-18-7-5-4-6-16(18)21(28)25-19/h4-10,13H,11-12H2,1-3H3,(H,23,27)(H,24,25,28). The smallest absolute Gasteiger partial charge is 0.258 e. The average Bonchev–Trinajstić information content (AvgIpc) is 2.64. The van der Waals surface area contributed by atoms with Crippen molar-refractivity contribution in [1.82, 2.24) is 14.9 Å². The summed E-state index contributed by atoms with van der Waals surface area (Å²) in [6, 6.07) is 12.7. The van der Waals surface area contributed by atoms with E-state index in [1.54, 1.807) is 18.2 Å². The minimum Gasteiger partial charge on any atom is -0.325 e. The molecule has 0 bridgehead atoms. The molecule has 0 spiro atoms. The number of nitrogens with zero attached hydrogens (tertiary/aromatic N) is 2. The van der Waals surface area contributed by atoms with Crippen LogP contribution in [0.5, 0.6) is 0 Å². The van der Waals surface area contributed by atoms with Crippen molar-refractivity contribution in [3.63, 3.8) is 0 Å². The maximum absolute atomic E-state index is 12.5. The lowest BCUT2D eigenvalue weighted by atomic mass is 10.2. The highest BCUT2D eigenvalue weighted by Crippen LogP contribution is 2.20. The zero-order valence-electron chi connectivity index (χ0n) is 16.1. The molecule has 1 heterocycles. The number of carbonyl (C=O) groups excluding carboxylic acids is 1. The summed E-state index contributed by atoms with van der Waals surface area (Å²) in [4.78, 5) is 34.1. The highest BCUT2D eigenvalue weighted by atomic mass is 35.5. The van der Waals surface area contributed by atoms with E-state index >= 15 is 0 Å². The molecule has 0 aliphatic rings. The number of fused-ring (bicyclic) bond motifs is 1. The third-order valence-corrected chi connectivity index (χ3v) is 4.95. The molecule has 0 radical (unpaired) electrons. The number of rotatable bonds is 6. The predicted octanol–water partition coefficient (Wildman–Crippen LogP) is 3.73. The van der Waals surface area contributed by atoms with Crippen LogP contribution in [0, 0.1) is 6.92 Å². The SMILES string of the molecule is Cc1ccc(NC(=O)CN(Cc2nc3ccccc3c(=O)[nH]2)C(C)C)cc1Cl. The lowest BCUT2D eigenvalue weighted by Gasteiger charge is -2.25. The second-order valence-corrected chi connectivity index (χ2v) is 7.45. The van der Waals surface area contributed by atoms with E-state index in [-0.39, 0.29) is 24.1 Å². The van der Waals surface area contributed by atoms with Gasteiger partial charge in [-0.3, -0.25) is 14.5 Å². The van der Waals surface area contributed by atoms with Crippen LogP contribution in [0.15, 0.2) is 47.3 Å². The van der Waals surface area contributed by atoms with Crippen molar-refractivity contribution in [3.05, 3.63) is 69.2 Å². The number of anilines is 1. The van der Waals surface area contributed by atoms with Crippen LogP contribution in [0.3, 0.4) is 0 Å². The summed E-state index contributed by atoms with van der Waals surface area (Å²) < 4.78 is 0. The Labute approximate surface area is 168 Å². The largest absolute Gasteiger partial charge is 0.325 e. The second kappa shape index (κ2) is 8.54. The number of hydrogen-bond acceptors (Lipinski definition) is 4. The molecule has 3 aromatic rings. The lowest BCUT2D eigenvalue weighted by molar-refractivity contribution is -0.117. The number of amides is 1. The zero-order valence-corrected chi connectivity index (χ0v) is 16.9. The van der Waals surface area contributed by atoms with Crippen LogP contribution in [0.1, 0.15) is 25.2 Å². The summed E-state index contributed by atoms with van der Waals surface area (Å²) in [7, 11) is 0. The van der Waals surface area contributed by atoms with E-state index in [9.17, 15) is 9.59 Å². The number of aryl methyl sites for hydroxylation is 1. The Morgan fingerprint density at radius 3 is 2.71 bits per heavy atom. The van der Waals surface area contributed by atoms with E-state index in [4.69, 9.17) is 11.6 Å². The molecule has 0 fully saturated rings. The number of nitrogens with one attached hydrogen (secondary N) is 2. The Morgan fingerprint density at radius 1 is 1.25 bits per heavy atom. The van der Waals surface area contributed by atoms with Crippen molar-refractivity contribution < 1.29 is 4.79 Å². The van der Waals surface area contributed by atoms with Gasteiger partial charge in [0.1, 0.15) is 5.82 Å². The molecule has 2 aromatic carbocycles. The summed E-state index contributed by atoms with van der Waals surface area (Å²) >= 11 is 6.12. The minimum absolute atomic E-state index is 0.0872. The van der Waals surface area contributed by atoms with Crippen LogP contribution in [0.2, 0.25) is 5.02 Å². The predicted molar refractivity (Wildman–Crippen MR) is 113 cm³/mol. The molecule has 0 atom stereocenters. The molecule has 28 heavy (non-hydrogen) atoms. The number of hydrogen-bond donors (Lipinski definition) is 2. The van der Waals surface area contributed by atoms with Gasteiger partial charge in [-0.2, -0.15) is 0 Å². The summed E-state index contributed by atoms with van der Waals surface area (Å²) in [5, 5.41) is 4.02. The van der Waals surface area contributed by atoms with Crippen molar-refractivity contribution in [2.45, 2.75) is 33.4 Å². The average molecular weight is 399 g/mol. The fourth-order valence-electron chi connectivity index (χ4n) is 2.88. The Morgan fingerprint density at radius 2 is 2.00 bits per heavy atom. The molecule has 0 aliphatic carbocycles. The molecule has 0 unspecified atom stereocenters. The Kier molecular flexibility index (Phi) is 6.11. The monoisotopic (exact) mass is 398 g/mol. The number of para-hydroxylation sites is 1. The summed E-state index contributed by atoms with van der Waals surface area (Å²) in [6.45, 7) is 6.43. The lowest BCUT2D eigenvalue weighted by Crippen LogP contribution is -2.38.